The number of hydrogen-bond donors (Lipinski definition) is 0. The number of ether oxygens (including phenoxy) is 2. The van der Waals surface area contributed by atoms with E-state index < -0.39 is 0 Å². The van der Waals surface area contributed by atoms with E-state index in [4.69, 9.17) is 14.5 Å². The third kappa shape index (κ3) is 4.09. The van der Waals surface area contributed by atoms with Crippen molar-refractivity contribution >= 4 is 16.8 Å². The molecule has 0 fully saturated rings. The third-order valence-corrected chi connectivity index (χ3v) is 4.74. The number of pyridine rings is 1. The molecule has 0 radical (unpaired) electrons. The summed E-state index contributed by atoms with van der Waals surface area (Å²) >= 11 is 0. The van der Waals surface area contributed by atoms with Crippen molar-refractivity contribution in [1.29, 1.82) is 0 Å². The first kappa shape index (κ1) is 18.3. The van der Waals surface area contributed by atoms with Crippen molar-refractivity contribution in [1.82, 2.24) is 9.88 Å². The van der Waals surface area contributed by atoms with Gasteiger partial charge in [0.05, 0.1) is 24.2 Å². The van der Waals surface area contributed by atoms with E-state index in [0.717, 1.165) is 27.9 Å². The first-order valence-electron chi connectivity index (χ1n) is 9.59. The minimum Gasteiger partial charge on any atom is -0.454 e. The van der Waals surface area contributed by atoms with Gasteiger partial charge in [-0.3, -0.25) is 9.78 Å². The molecule has 1 aliphatic heterocycles. The molecule has 0 unspecified atom stereocenters. The second kappa shape index (κ2) is 7.89. The zero-order chi connectivity index (χ0) is 19.5. The molecule has 0 N–H and O–H groups in total. The Balaban J connectivity index is 1.52. The van der Waals surface area contributed by atoms with Crippen LogP contribution in [0.4, 0.5) is 0 Å². The molecule has 5 heteroatoms. The van der Waals surface area contributed by atoms with Crippen molar-refractivity contribution in [3.05, 3.63) is 65.9 Å². The Hall–Kier alpha value is -3.08. The van der Waals surface area contributed by atoms with Gasteiger partial charge < -0.3 is 14.4 Å². The van der Waals surface area contributed by atoms with Gasteiger partial charge in [0.2, 0.25) is 12.7 Å². The van der Waals surface area contributed by atoms with Gasteiger partial charge in [0.1, 0.15) is 0 Å². The number of rotatable bonds is 6. The SMILES string of the molecule is CC(C)CN(Cc1ccc2ccccc2n1)C(=O)Cc1ccc2c(c1)OCO2. The summed E-state index contributed by atoms with van der Waals surface area (Å²) in [7, 11) is 0. The number of aromatic nitrogens is 1. The lowest BCUT2D eigenvalue weighted by molar-refractivity contribution is -0.131. The predicted molar refractivity (Wildman–Crippen MR) is 108 cm³/mol. The first-order chi connectivity index (χ1) is 13.6. The van der Waals surface area contributed by atoms with Crippen LogP contribution < -0.4 is 9.47 Å². The largest absolute Gasteiger partial charge is 0.454 e. The average Bonchev–Trinajstić information content (AvgIpc) is 3.15. The van der Waals surface area contributed by atoms with Gasteiger partial charge >= 0.3 is 0 Å². The molecule has 0 saturated carbocycles. The molecule has 2 heterocycles. The minimum absolute atomic E-state index is 0.0857. The lowest BCUT2D eigenvalue weighted by Gasteiger charge is -2.24. The van der Waals surface area contributed by atoms with E-state index >= 15 is 0 Å². The zero-order valence-corrected chi connectivity index (χ0v) is 16.2. The van der Waals surface area contributed by atoms with Crippen molar-refractivity contribution < 1.29 is 14.3 Å². The number of hydrogen-bond acceptors (Lipinski definition) is 4. The summed E-state index contributed by atoms with van der Waals surface area (Å²) in [6.07, 6.45) is 0.330. The van der Waals surface area contributed by atoms with Crippen LogP contribution in [0.25, 0.3) is 10.9 Å². The standard InChI is InChI=1S/C23H24N2O3/c1-16(2)13-25(14-19-9-8-18-5-3-4-6-20(18)24-19)23(26)12-17-7-10-21-22(11-17)28-15-27-21/h3-11,16H,12-15H2,1-2H3. The van der Waals surface area contributed by atoms with Gasteiger partial charge in [0.15, 0.2) is 11.5 Å². The van der Waals surface area contributed by atoms with Gasteiger partial charge in [-0.05, 0) is 35.7 Å². The number of para-hydroxylation sites is 1. The molecule has 3 aromatic rings. The summed E-state index contributed by atoms with van der Waals surface area (Å²) in [5.41, 5.74) is 2.78. The van der Waals surface area contributed by atoms with E-state index in [2.05, 4.69) is 19.9 Å². The fraction of sp³-hybridized carbons (Fsp3) is 0.304. The van der Waals surface area contributed by atoms with E-state index in [9.17, 15) is 4.79 Å². The van der Waals surface area contributed by atoms with E-state index in [1.54, 1.807) is 0 Å². The van der Waals surface area contributed by atoms with Gasteiger partial charge in [-0.15, -0.1) is 0 Å². The summed E-state index contributed by atoms with van der Waals surface area (Å²) in [4.78, 5) is 19.7. The van der Waals surface area contributed by atoms with Crippen LogP contribution in [0.15, 0.2) is 54.6 Å². The molecule has 1 amide bonds. The van der Waals surface area contributed by atoms with Crippen LogP contribution >= 0.6 is 0 Å². The van der Waals surface area contributed by atoms with Crippen molar-refractivity contribution in [2.45, 2.75) is 26.8 Å². The maximum Gasteiger partial charge on any atom is 0.231 e. The molecular formula is C23H24N2O3. The normalized spacial score (nSPS) is 12.5. The quantitative estimate of drug-likeness (QED) is 0.647. The summed E-state index contributed by atoms with van der Waals surface area (Å²) < 4.78 is 10.8. The Morgan fingerprint density at radius 2 is 1.89 bits per heavy atom. The molecule has 1 aliphatic rings. The number of carbonyl (C=O) groups excluding carboxylic acids is 1. The second-order valence-corrected chi connectivity index (χ2v) is 7.53. The van der Waals surface area contributed by atoms with Crippen LogP contribution in [0.3, 0.4) is 0 Å². The number of benzene rings is 2. The molecule has 0 atom stereocenters. The van der Waals surface area contributed by atoms with E-state index in [1.807, 2.05) is 53.4 Å². The molecule has 0 aliphatic carbocycles. The topological polar surface area (TPSA) is 51.7 Å². The van der Waals surface area contributed by atoms with Crippen LogP contribution in [-0.4, -0.2) is 29.1 Å². The van der Waals surface area contributed by atoms with Crippen LogP contribution in [0.1, 0.15) is 25.1 Å². The van der Waals surface area contributed by atoms with Crippen LogP contribution in [0.5, 0.6) is 11.5 Å². The van der Waals surface area contributed by atoms with Crippen LogP contribution in [0, 0.1) is 5.92 Å². The molecule has 4 rings (SSSR count). The minimum atomic E-state index is 0.0857. The lowest BCUT2D eigenvalue weighted by Crippen LogP contribution is -2.35. The van der Waals surface area contributed by atoms with Gasteiger partial charge in [-0.2, -0.15) is 0 Å². The fourth-order valence-corrected chi connectivity index (χ4v) is 3.42. The van der Waals surface area contributed by atoms with Gasteiger partial charge in [0, 0.05) is 11.9 Å². The molecule has 2 aromatic carbocycles. The van der Waals surface area contributed by atoms with E-state index in [0.29, 0.717) is 31.2 Å². The predicted octanol–water partition coefficient (Wildman–Crippen LogP) is 4.19. The highest BCUT2D eigenvalue weighted by molar-refractivity contribution is 5.80. The molecule has 144 valence electrons. The Kier molecular flexibility index (Phi) is 5.15. The molecule has 0 spiro atoms. The van der Waals surface area contributed by atoms with Crippen molar-refractivity contribution in [3.63, 3.8) is 0 Å². The van der Waals surface area contributed by atoms with Gasteiger partial charge in [-0.1, -0.05) is 44.2 Å². The first-order valence-corrected chi connectivity index (χ1v) is 9.59. The number of amides is 1. The number of carbonyl (C=O) groups is 1. The number of nitrogens with zero attached hydrogens (tertiary/aromatic N) is 2. The Labute approximate surface area is 164 Å². The molecule has 28 heavy (non-hydrogen) atoms. The van der Waals surface area contributed by atoms with E-state index in [-0.39, 0.29) is 12.7 Å². The van der Waals surface area contributed by atoms with Gasteiger partial charge in [-0.25, -0.2) is 0 Å². The third-order valence-electron chi connectivity index (χ3n) is 4.74. The smallest absolute Gasteiger partial charge is 0.231 e. The monoisotopic (exact) mass is 376 g/mol. The van der Waals surface area contributed by atoms with Crippen molar-refractivity contribution in [3.8, 4) is 11.5 Å². The Bertz CT molecular complexity index is 1000. The zero-order valence-electron chi connectivity index (χ0n) is 16.2. The maximum absolute atomic E-state index is 13.0. The number of fused-ring (bicyclic) bond motifs is 2. The van der Waals surface area contributed by atoms with Crippen molar-refractivity contribution in [2.24, 2.45) is 5.92 Å². The summed E-state index contributed by atoms with van der Waals surface area (Å²) in [6.45, 7) is 5.67. The lowest BCUT2D eigenvalue weighted by atomic mass is 10.1. The Morgan fingerprint density at radius 3 is 2.75 bits per heavy atom. The second-order valence-electron chi connectivity index (χ2n) is 7.53. The summed E-state index contributed by atoms with van der Waals surface area (Å²) in [6, 6.07) is 17.8. The van der Waals surface area contributed by atoms with E-state index in [1.165, 1.54) is 0 Å². The van der Waals surface area contributed by atoms with Crippen molar-refractivity contribution in [2.75, 3.05) is 13.3 Å². The molecular weight excluding hydrogens is 352 g/mol. The van der Waals surface area contributed by atoms with Crippen LogP contribution in [-0.2, 0) is 17.8 Å². The highest BCUT2D eigenvalue weighted by atomic mass is 16.7. The Morgan fingerprint density at radius 1 is 1.07 bits per heavy atom. The summed E-state index contributed by atoms with van der Waals surface area (Å²) in [5.74, 6) is 1.90. The van der Waals surface area contributed by atoms with Crippen LogP contribution in [0.2, 0.25) is 0 Å². The van der Waals surface area contributed by atoms with Gasteiger partial charge in [0.25, 0.3) is 0 Å². The summed E-state index contributed by atoms with van der Waals surface area (Å²) in [5, 5.41) is 1.10. The molecule has 1 aromatic heterocycles. The highest BCUT2D eigenvalue weighted by Crippen LogP contribution is 2.32. The fourth-order valence-electron chi connectivity index (χ4n) is 3.42. The molecule has 5 nitrogen and oxygen atoms in total. The molecule has 0 bridgehead atoms. The average molecular weight is 376 g/mol. The highest BCUT2D eigenvalue weighted by Gasteiger charge is 2.19. The molecule has 0 saturated heterocycles. The maximum atomic E-state index is 13.0.